The second-order valence-electron chi connectivity index (χ2n) is 9.31. The van der Waals surface area contributed by atoms with Crippen LogP contribution in [0.2, 0.25) is 5.02 Å². The third-order valence-electron chi connectivity index (χ3n) is 7.31. The molecule has 1 N–H and O–H groups in total. The molecule has 2 atom stereocenters. The van der Waals surface area contributed by atoms with Crippen molar-refractivity contribution in [1.82, 2.24) is 5.32 Å². The van der Waals surface area contributed by atoms with E-state index in [1.54, 1.807) is 17.8 Å². The quantitative estimate of drug-likeness (QED) is 0.562. The molecule has 1 aliphatic carbocycles. The van der Waals surface area contributed by atoms with E-state index >= 15 is 0 Å². The average Bonchev–Trinajstić information content (AvgIpc) is 3.29. The molecule has 0 aromatic heterocycles. The second-order valence-corrected chi connectivity index (χ2v) is 10.7. The molecule has 0 radical (unpaired) electrons. The molecule has 2 heterocycles. The molecule has 1 amide bonds. The van der Waals surface area contributed by atoms with Gasteiger partial charge in [-0.2, -0.15) is 22.1 Å². The van der Waals surface area contributed by atoms with E-state index in [4.69, 9.17) is 21.4 Å². The summed E-state index contributed by atoms with van der Waals surface area (Å²) in [4.78, 5) is 12.6. The first kappa shape index (κ1) is 24.2. The first-order chi connectivity index (χ1) is 17.1. The number of carbonyl (C=O) groups is 1. The Morgan fingerprint density at radius 3 is 2.83 bits per heavy atom. The molecule has 2 aliphatic heterocycles. The van der Waals surface area contributed by atoms with E-state index in [1.165, 1.54) is 5.56 Å². The zero-order valence-corrected chi connectivity index (χ0v) is 21.4. The highest BCUT2D eigenvalue weighted by atomic mass is 35.5. The molecule has 8 heteroatoms. The van der Waals surface area contributed by atoms with Crippen LogP contribution in [-0.2, 0) is 11.2 Å². The Morgan fingerprint density at radius 1 is 1.26 bits per heavy atom. The summed E-state index contributed by atoms with van der Waals surface area (Å²) >= 11 is 8.13. The number of carbonyl (C=O) groups excluding carboxylic acids is 1. The van der Waals surface area contributed by atoms with Crippen molar-refractivity contribution in [2.24, 2.45) is 16.9 Å². The van der Waals surface area contributed by atoms with Crippen molar-refractivity contribution >= 4 is 40.7 Å². The molecular formula is C27H29ClN4O2S. The first-order valence-corrected chi connectivity index (χ1v) is 13.9. The SMILES string of the molecule is CSCCNC(=O)c1ccc2c(c1)CCC1C2=NN(c2ccc(C#N)c(Cl)c2)C1C1CCOCC1. The maximum Gasteiger partial charge on any atom is 0.251 e. The van der Waals surface area contributed by atoms with Crippen molar-refractivity contribution in [3.8, 4) is 6.07 Å². The minimum Gasteiger partial charge on any atom is -0.381 e. The highest BCUT2D eigenvalue weighted by molar-refractivity contribution is 7.98. The van der Waals surface area contributed by atoms with Crippen LogP contribution in [0.15, 0.2) is 41.5 Å². The van der Waals surface area contributed by atoms with Gasteiger partial charge in [0, 0.05) is 42.6 Å². The number of hydrogen-bond acceptors (Lipinski definition) is 6. The molecule has 5 rings (SSSR count). The minimum atomic E-state index is -0.0220. The van der Waals surface area contributed by atoms with Crippen LogP contribution in [0.25, 0.3) is 0 Å². The summed E-state index contributed by atoms with van der Waals surface area (Å²) in [5.41, 5.74) is 5.51. The van der Waals surface area contributed by atoms with Crippen molar-refractivity contribution < 1.29 is 9.53 Å². The summed E-state index contributed by atoms with van der Waals surface area (Å²) < 4.78 is 5.66. The normalized spacial score (nSPS) is 21.6. The number of hydrazone groups is 1. The van der Waals surface area contributed by atoms with Crippen LogP contribution >= 0.6 is 23.4 Å². The van der Waals surface area contributed by atoms with Gasteiger partial charge in [-0.1, -0.05) is 17.7 Å². The van der Waals surface area contributed by atoms with Gasteiger partial charge in [-0.3, -0.25) is 9.80 Å². The number of ether oxygens (including phenoxy) is 1. The summed E-state index contributed by atoms with van der Waals surface area (Å²) in [6.45, 7) is 2.22. The molecule has 0 spiro atoms. The first-order valence-electron chi connectivity index (χ1n) is 12.2. The number of nitriles is 1. The van der Waals surface area contributed by atoms with Gasteiger partial charge in [-0.15, -0.1) is 0 Å². The van der Waals surface area contributed by atoms with Crippen LogP contribution in [-0.4, -0.2) is 49.4 Å². The summed E-state index contributed by atoms with van der Waals surface area (Å²) in [6.07, 6.45) is 5.96. The lowest BCUT2D eigenvalue weighted by molar-refractivity contribution is 0.0543. The fourth-order valence-corrected chi connectivity index (χ4v) is 6.10. The number of amides is 1. The van der Waals surface area contributed by atoms with Crippen LogP contribution in [0.5, 0.6) is 0 Å². The molecule has 0 saturated carbocycles. The number of thioether (sulfide) groups is 1. The fourth-order valence-electron chi connectivity index (χ4n) is 5.57. The average molecular weight is 509 g/mol. The number of benzene rings is 2. The summed E-state index contributed by atoms with van der Waals surface area (Å²) in [5, 5.41) is 20.1. The smallest absolute Gasteiger partial charge is 0.251 e. The summed E-state index contributed by atoms with van der Waals surface area (Å²) in [5.74, 6) is 1.65. The van der Waals surface area contributed by atoms with Crippen molar-refractivity contribution in [3.05, 3.63) is 63.7 Å². The molecule has 1 fully saturated rings. The van der Waals surface area contributed by atoms with E-state index in [1.807, 2.05) is 30.5 Å². The van der Waals surface area contributed by atoms with Gasteiger partial charge in [-0.25, -0.2) is 0 Å². The molecule has 3 aliphatic rings. The number of nitrogens with one attached hydrogen (secondary N) is 1. The second kappa shape index (κ2) is 10.6. The molecule has 2 aromatic rings. The van der Waals surface area contributed by atoms with Crippen LogP contribution in [0.1, 0.15) is 46.3 Å². The number of anilines is 1. The standard InChI is InChI=1S/C27H29ClN4O2S/c1-35-13-10-30-27(33)19-4-6-22-18(14-19)3-7-23-25(22)31-32(26(23)17-8-11-34-12-9-17)21-5-2-20(16-29)24(28)15-21/h2,4-6,14-15,17,23,26H,3,7-13H2,1H3,(H,30,33). The number of nitrogens with zero attached hydrogens (tertiary/aromatic N) is 3. The van der Waals surface area contributed by atoms with Gasteiger partial charge in [0.15, 0.2) is 0 Å². The Morgan fingerprint density at radius 2 is 2.09 bits per heavy atom. The lowest BCUT2D eigenvalue weighted by Crippen LogP contribution is -2.43. The monoisotopic (exact) mass is 508 g/mol. The van der Waals surface area contributed by atoms with Gasteiger partial charge >= 0.3 is 0 Å². The highest BCUT2D eigenvalue weighted by Gasteiger charge is 2.45. The number of rotatable bonds is 6. The van der Waals surface area contributed by atoms with E-state index in [9.17, 15) is 10.1 Å². The molecule has 35 heavy (non-hydrogen) atoms. The third-order valence-corrected chi connectivity index (χ3v) is 8.23. The van der Waals surface area contributed by atoms with Gasteiger partial charge < -0.3 is 10.1 Å². The van der Waals surface area contributed by atoms with Crippen molar-refractivity contribution in [2.45, 2.75) is 31.7 Å². The molecule has 6 nitrogen and oxygen atoms in total. The zero-order chi connectivity index (χ0) is 24.4. The Hall–Kier alpha value is -2.53. The largest absolute Gasteiger partial charge is 0.381 e. The molecule has 1 saturated heterocycles. The van der Waals surface area contributed by atoms with Crippen LogP contribution in [0.4, 0.5) is 5.69 Å². The predicted octanol–water partition coefficient (Wildman–Crippen LogP) is 4.89. The zero-order valence-electron chi connectivity index (χ0n) is 19.8. The van der Waals surface area contributed by atoms with Crippen LogP contribution in [0, 0.1) is 23.2 Å². The molecule has 2 aromatic carbocycles. The Bertz CT molecular complexity index is 1190. The topological polar surface area (TPSA) is 77.7 Å². The maximum atomic E-state index is 12.6. The number of hydrogen-bond donors (Lipinski definition) is 1. The van der Waals surface area contributed by atoms with E-state index < -0.39 is 0 Å². The molecular weight excluding hydrogens is 480 g/mol. The molecule has 2 unspecified atom stereocenters. The van der Waals surface area contributed by atoms with E-state index in [-0.39, 0.29) is 11.9 Å². The van der Waals surface area contributed by atoms with Crippen LogP contribution in [0.3, 0.4) is 0 Å². The maximum absolute atomic E-state index is 12.6. The van der Waals surface area contributed by atoms with Crippen LogP contribution < -0.4 is 10.3 Å². The van der Waals surface area contributed by atoms with E-state index in [0.717, 1.165) is 61.6 Å². The fraction of sp³-hybridized carbons (Fsp3) is 0.444. The lowest BCUT2D eigenvalue weighted by Gasteiger charge is -2.37. The Kier molecular flexibility index (Phi) is 7.33. The molecule has 0 bridgehead atoms. The van der Waals surface area contributed by atoms with Gasteiger partial charge in [0.1, 0.15) is 6.07 Å². The van der Waals surface area contributed by atoms with Gasteiger partial charge in [0.2, 0.25) is 0 Å². The number of halogens is 1. The van der Waals surface area contributed by atoms with Crippen molar-refractivity contribution in [1.29, 1.82) is 5.26 Å². The minimum absolute atomic E-state index is 0.0220. The van der Waals surface area contributed by atoms with Crippen molar-refractivity contribution in [3.63, 3.8) is 0 Å². The van der Waals surface area contributed by atoms with Crippen molar-refractivity contribution in [2.75, 3.05) is 36.8 Å². The Labute approximate surface area is 215 Å². The highest BCUT2D eigenvalue weighted by Crippen LogP contribution is 2.43. The molecule has 182 valence electrons. The Balaban J connectivity index is 1.48. The number of aryl methyl sites for hydroxylation is 1. The van der Waals surface area contributed by atoms with E-state index in [2.05, 4.69) is 22.5 Å². The third kappa shape index (κ3) is 4.80. The van der Waals surface area contributed by atoms with E-state index in [0.29, 0.717) is 34.5 Å². The van der Waals surface area contributed by atoms with Gasteiger partial charge in [0.05, 0.1) is 28.0 Å². The number of fused-ring (bicyclic) bond motifs is 3. The summed E-state index contributed by atoms with van der Waals surface area (Å²) in [6, 6.07) is 14.0. The summed E-state index contributed by atoms with van der Waals surface area (Å²) in [7, 11) is 0. The predicted molar refractivity (Wildman–Crippen MR) is 141 cm³/mol. The van der Waals surface area contributed by atoms with Gasteiger partial charge in [-0.05, 0) is 73.8 Å². The van der Waals surface area contributed by atoms with Gasteiger partial charge in [0.25, 0.3) is 5.91 Å². The lowest BCUT2D eigenvalue weighted by atomic mass is 9.73.